The number of methoxy groups -OCH3 is 1. The number of carboxylic acid groups (broad SMARTS) is 1. The fourth-order valence-electron chi connectivity index (χ4n) is 2.08. The molecule has 1 aromatic rings. The maximum Gasteiger partial charge on any atom is 0.327 e. The molecule has 0 bridgehead atoms. The SMILES string of the molecule is COCCC(C(=O)O)N1C(=O)c2ccccc2C1=O. The van der Waals surface area contributed by atoms with Crippen LogP contribution in [0.4, 0.5) is 0 Å². The van der Waals surface area contributed by atoms with Crippen molar-refractivity contribution in [3.8, 4) is 0 Å². The van der Waals surface area contributed by atoms with E-state index < -0.39 is 23.8 Å². The maximum absolute atomic E-state index is 12.1. The van der Waals surface area contributed by atoms with Crippen LogP contribution in [0.2, 0.25) is 0 Å². The number of rotatable bonds is 5. The van der Waals surface area contributed by atoms with Crippen LogP contribution in [0.25, 0.3) is 0 Å². The van der Waals surface area contributed by atoms with E-state index in [0.717, 1.165) is 4.90 Å². The molecule has 0 aromatic heterocycles. The molecule has 1 aromatic carbocycles. The van der Waals surface area contributed by atoms with E-state index in [4.69, 9.17) is 4.74 Å². The molecule has 1 heterocycles. The summed E-state index contributed by atoms with van der Waals surface area (Å²) in [5.41, 5.74) is 0.493. The summed E-state index contributed by atoms with van der Waals surface area (Å²) in [5, 5.41) is 9.17. The van der Waals surface area contributed by atoms with E-state index in [1.165, 1.54) is 19.2 Å². The van der Waals surface area contributed by atoms with Crippen molar-refractivity contribution in [3.63, 3.8) is 0 Å². The molecule has 100 valence electrons. The molecular weight excluding hydrogens is 250 g/mol. The van der Waals surface area contributed by atoms with Gasteiger partial charge in [0.1, 0.15) is 6.04 Å². The Balaban J connectivity index is 2.33. The van der Waals surface area contributed by atoms with Gasteiger partial charge in [0.2, 0.25) is 0 Å². The van der Waals surface area contributed by atoms with Gasteiger partial charge in [-0.15, -0.1) is 0 Å². The smallest absolute Gasteiger partial charge is 0.327 e. The number of aliphatic carboxylic acids is 1. The first-order valence-corrected chi connectivity index (χ1v) is 5.76. The summed E-state index contributed by atoms with van der Waals surface area (Å²) in [7, 11) is 1.43. The van der Waals surface area contributed by atoms with E-state index in [9.17, 15) is 19.5 Å². The Labute approximate surface area is 109 Å². The second-order valence-electron chi connectivity index (χ2n) is 4.16. The molecular formula is C13H13NO5. The topological polar surface area (TPSA) is 83.9 Å². The minimum Gasteiger partial charge on any atom is -0.480 e. The maximum atomic E-state index is 12.1. The number of benzene rings is 1. The number of hydrogen-bond acceptors (Lipinski definition) is 4. The van der Waals surface area contributed by atoms with Crippen LogP contribution >= 0.6 is 0 Å². The second kappa shape index (κ2) is 5.19. The van der Waals surface area contributed by atoms with Gasteiger partial charge in [-0.25, -0.2) is 4.79 Å². The molecule has 1 N–H and O–H groups in total. The monoisotopic (exact) mass is 263 g/mol. The quantitative estimate of drug-likeness (QED) is 0.793. The molecule has 0 saturated carbocycles. The molecule has 2 rings (SSSR count). The minimum atomic E-state index is -1.22. The Morgan fingerprint density at radius 1 is 1.26 bits per heavy atom. The highest BCUT2D eigenvalue weighted by atomic mass is 16.5. The van der Waals surface area contributed by atoms with E-state index >= 15 is 0 Å². The summed E-state index contributed by atoms with van der Waals surface area (Å²) in [6, 6.07) is 5.11. The summed E-state index contributed by atoms with van der Waals surface area (Å²) in [4.78, 5) is 36.3. The molecule has 0 fully saturated rings. The van der Waals surface area contributed by atoms with Crippen LogP contribution in [0.15, 0.2) is 24.3 Å². The molecule has 1 aliphatic heterocycles. The number of carbonyl (C=O) groups is 3. The largest absolute Gasteiger partial charge is 0.480 e. The van der Waals surface area contributed by atoms with Gasteiger partial charge in [-0.2, -0.15) is 0 Å². The number of carbonyl (C=O) groups excluding carboxylic acids is 2. The molecule has 19 heavy (non-hydrogen) atoms. The third kappa shape index (κ3) is 2.22. The lowest BCUT2D eigenvalue weighted by molar-refractivity contribution is -0.142. The minimum absolute atomic E-state index is 0.0668. The van der Waals surface area contributed by atoms with Gasteiger partial charge in [0.05, 0.1) is 11.1 Å². The molecule has 1 aliphatic rings. The summed E-state index contributed by atoms with van der Waals surface area (Å²) < 4.78 is 4.82. The highest BCUT2D eigenvalue weighted by molar-refractivity contribution is 6.22. The summed E-state index contributed by atoms with van der Waals surface area (Å²) >= 11 is 0. The zero-order chi connectivity index (χ0) is 14.0. The third-order valence-electron chi connectivity index (χ3n) is 3.02. The van der Waals surface area contributed by atoms with E-state index in [1.807, 2.05) is 0 Å². The van der Waals surface area contributed by atoms with Crippen LogP contribution in [0.1, 0.15) is 27.1 Å². The molecule has 0 aliphatic carbocycles. The fourth-order valence-corrected chi connectivity index (χ4v) is 2.08. The number of fused-ring (bicyclic) bond motifs is 1. The Morgan fingerprint density at radius 3 is 2.21 bits per heavy atom. The molecule has 0 saturated heterocycles. The zero-order valence-corrected chi connectivity index (χ0v) is 10.3. The van der Waals surface area contributed by atoms with Gasteiger partial charge in [-0.1, -0.05) is 12.1 Å². The van der Waals surface area contributed by atoms with Crippen LogP contribution in [-0.2, 0) is 9.53 Å². The second-order valence-corrected chi connectivity index (χ2v) is 4.16. The summed E-state index contributed by atoms with van der Waals surface area (Å²) in [5.74, 6) is -2.35. The normalized spacial score (nSPS) is 15.5. The van der Waals surface area contributed by atoms with Gasteiger partial charge in [0.25, 0.3) is 11.8 Å². The van der Waals surface area contributed by atoms with Crippen LogP contribution < -0.4 is 0 Å². The fraction of sp³-hybridized carbons (Fsp3) is 0.308. The van der Waals surface area contributed by atoms with Crippen LogP contribution in [0.5, 0.6) is 0 Å². The van der Waals surface area contributed by atoms with E-state index in [0.29, 0.717) is 0 Å². The number of nitrogens with zero attached hydrogens (tertiary/aromatic N) is 1. The molecule has 6 heteroatoms. The number of imide groups is 1. The number of hydrogen-bond donors (Lipinski definition) is 1. The number of carboxylic acids is 1. The van der Waals surface area contributed by atoms with E-state index in [1.54, 1.807) is 12.1 Å². The Hall–Kier alpha value is -2.21. The predicted molar refractivity (Wildman–Crippen MR) is 64.9 cm³/mol. The van der Waals surface area contributed by atoms with Crippen molar-refractivity contribution >= 4 is 17.8 Å². The lowest BCUT2D eigenvalue weighted by Crippen LogP contribution is -2.45. The van der Waals surface area contributed by atoms with Crippen molar-refractivity contribution in [2.75, 3.05) is 13.7 Å². The first-order valence-electron chi connectivity index (χ1n) is 5.76. The third-order valence-corrected chi connectivity index (χ3v) is 3.02. The first kappa shape index (κ1) is 13.2. The van der Waals surface area contributed by atoms with Crippen molar-refractivity contribution in [2.24, 2.45) is 0 Å². The van der Waals surface area contributed by atoms with Gasteiger partial charge in [0, 0.05) is 20.1 Å². The van der Waals surface area contributed by atoms with Crippen LogP contribution in [0, 0.1) is 0 Å². The van der Waals surface area contributed by atoms with Crippen molar-refractivity contribution in [1.29, 1.82) is 0 Å². The van der Waals surface area contributed by atoms with Gasteiger partial charge >= 0.3 is 5.97 Å². The molecule has 1 unspecified atom stereocenters. The van der Waals surface area contributed by atoms with Gasteiger partial charge in [-0.05, 0) is 12.1 Å². The van der Waals surface area contributed by atoms with Crippen molar-refractivity contribution < 1.29 is 24.2 Å². The molecule has 6 nitrogen and oxygen atoms in total. The lowest BCUT2D eigenvalue weighted by atomic mass is 10.1. The van der Waals surface area contributed by atoms with E-state index in [-0.39, 0.29) is 24.2 Å². The first-order chi connectivity index (χ1) is 9.07. The summed E-state index contributed by atoms with van der Waals surface area (Å²) in [6.07, 6.45) is 0.0668. The Morgan fingerprint density at radius 2 is 1.79 bits per heavy atom. The van der Waals surface area contributed by atoms with Crippen LogP contribution in [0.3, 0.4) is 0 Å². The molecule has 0 spiro atoms. The highest BCUT2D eigenvalue weighted by Gasteiger charge is 2.42. The average molecular weight is 263 g/mol. The molecule has 2 amide bonds. The van der Waals surface area contributed by atoms with Gasteiger partial charge < -0.3 is 9.84 Å². The highest BCUT2D eigenvalue weighted by Crippen LogP contribution is 2.25. The zero-order valence-electron chi connectivity index (χ0n) is 10.3. The summed E-state index contributed by atoms with van der Waals surface area (Å²) in [6.45, 7) is 0.157. The van der Waals surface area contributed by atoms with Crippen molar-refractivity contribution in [3.05, 3.63) is 35.4 Å². The van der Waals surface area contributed by atoms with E-state index in [2.05, 4.69) is 0 Å². The van der Waals surface area contributed by atoms with Gasteiger partial charge in [-0.3, -0.25) is 14.5 Å². The van der Waals surface area contributed by atoms with Gasteiger partial charge in [0.15, 0.2) is 0 Å². The lowest BCUT2D eigenvalue weighted by Gasteiger charge is -2.22. The predicted octanol–water partition coefficient (Wildman–Crippen LogP) is 0.772. The van der Waals surface area contributed by atoms with Crippen molar-refractivity contribution in [1.82, 2.24) is 4.90 Å². The van der Waals surface area contributed by atoms with Crippen molar-refractivity contribution in [2.45, 2.75) is 12.5 Å². The molecule has 1 atom stereocenters. The number of ether oxygens (including phenoxy) is 1. The Bertz CT molecular complexity index is 505. The Kier molecular flexibility index (Phi) is 3.62. The van der Waals surface area contributed by atoms with Crippen LogP contribution in [-0.4, -0.2) is 47.5 Å². The number of amides is 2. The standard InChI is InChI=1S/C13H13NO5/c1-19-7-6-10(13(17)18)14-11(15)8-4-2-3-5-9(8)12(14)16/h2-5,10H,6-7H2,1H3,(H,17,18). The molecule has 0 radical (unpaired) electrons. The average Bonchev–Trinajstić information content (AvgIpc) is 2.64.